The lowest BCUT2D eigenvalue weighted by atomic mass is 10.1. The summed E-state index contributed by atoms with van der Waals surface area (Å²) in [5.41, 5.74) is 1.74. The number of carboxylic acid groups (broad SMARTS) is 1. The highest BCUT2D eigenvalue weighted by Crippen LogP contribution is 2.30. The third-order valence-electron chi connectivity index (χ3n) is 3.19. The van der Waals surface area contributed by atoms with E-state index in [0.717, 1.165) is 19.4 Å². The Labute approximate surface area is 117 Å². The molecule has 0 aliphatic carbocycles. The lowest BCUT2D eigenvalue weighted by Gasteiger charge is -2.11. The second kappa shape index (κ2) is 5.90. The maximum absolute atomic E-state index is 11.4. The highest BCUT2D eigenvalue weighted by molar-refractivity contribution is 5.98. The van der Waals surface area contributed by atoms with E-state index in [9.17, 15) is 9.90 Å². The van der Waals surface area contributed by atoms with Gasteiger partial charge in [0.1, 0.15) is 5.56 Å². The van der Waals surface area contributed by atoms with E-state index in [2.05, 4.69) is 16.9 Å². The minimum Gasteiger partial charge on any atom is -0.490 e. The van der Waals surface area contributed by atoms with Crippen LogP contribution >= 0.6 is 0 Å². The Hall–Kier alpha value is -2.11. The Bertz CT molecular complexity index is 634. The van der Waals surface area contributed by atoms with Gasteiger partial charge in [0.2, 0.25) is 0 Å². The number of fused-ring (bicyclic) bond motifs is 1. The number of pyridine rings is 1. The van der Waals surface area contributed by atoms with Gasteiger partial charge in [-0.25, -0.2) is 14.8 Å². The van der Waals surface area contributed by atoms with Crippen molar-refractivity contribution in [3.05, 3.63) is 17.6 Å². The number of nitrogens with zero attached hydrogens (tertiary/aromatic N) is 3. The van der Waals surface area contributed by atoms with Crippen LogP contribution in [0, 0.1) is 6.92 Å². The van der Waals surface area contributed by atoms with Gasteiger partial charge in [0.15, 0.2) is 16.9 Å². The average Bonchev–Trinajstić information content (AvgIpc) is 2.80. The van der Waals surface area contributed by atoms with Crippen LogP contribution in [0.1, 0.15) is 42.7 Å². The first-order chi connectivity index (χ1) is 9.60. The SMILES string of the molecule is CCCCOc1c(C(=O)O)c(C)nc2c1ncn2CC. The van der Waals surface area contributed by atoms with Gasteiger partial charge in [0.05, 0.1) is 18.6 Å². The zero-order chi connectivity index (χ0) is 14.7. The molecule has 0 saturated carbocycles. The fourth-order valence-corrected chi connectivity index (χ4v) is 2.09. The van der Waals surface area contributed by atoms with Gasteiger partial charge in [-0.2, -0.15) is 0 Å². The number of ether oxygens (including phenoxy) is 1. The molecular formula is C14H19N3O3. The van der Waals surface area contributed by atoms with Crippen LogP contribution in [0.25, 0.3) is 11.2 Å². The van der Waals surface area contributed by atoms with Gasteiger partial charge < -0.3 is 14.4 Å². The molecule has 0 saturated heterocycles. The first kappa shape index (κ1) is 14.3. The molecule has 1 N–H and O–H groups in total. The second-order valence-electron chi connectivity index (χ2n) is 4.61. The molecule has 0 amide bonds. The molecule has 0 unspecified atom stereocenters. The monoisotopic (exact) mass is 277 g/mol. The smallest absolute Gasteiger partial charge is 0.341 e. The van der Waals surface area contributed by atoms with Gasteiger partial charge in [-0.15, -0.1) is 0 Å². The number of unbranched alkanes of at least 4 members (excludes halogenated alkanes) is 1. The number of aryl methyl sites for hydroxylation is 2. The third-order valence-corrected chi connectivity index (χ3v) is 3.19. The number of carbonyl (C=O) groups is 1. The third kappa shape index (κ3) is 2.45. The lowest BCUT2D eigenvalue weighted by molar-refractivity contribution is 0.0691. The molecule has 0 aliphatic heterocycles. The number of hydrogen-bond donors (Lipinski definition) is 1. The standard InChI is InChI=1S/C14H19N3O3/c1-4-6-7-20-12-10(14(18)19)9(3)16-13-11(12)15-8-17(13)5-2/h8H,4-7H2,1-3H3,(H,18,19). The van der Waals surface area contributed by atoms with Crippen molar-refractivity contribution in [2.24, 2.45) is 0 Å². The van der Waals surface area contributed by atoms with E-state index in [-0.39, 0.29) is 5.56 Å². The highest BCUT2D eigenvalue weighted by Gasteiger charge is 2.22. The number of imidazole rings is 1. The van der Waals surface area contributed by atoms with E-state index < -0.39 is 5.97 Å². The van der Waals surface area contributed by atoms with Gasteiger partial charge in [-0.3, -0.25) is 0 Å². The molecule has 108 valence electrons. The zero-order valence-electron chi connectivity index (χ0n) is 12.0. The Morgan fingerprint density at radius 1 is 1.45 bits per heavy atom. The van der Waals surface area contributed by atoms with Crippen molar-refractivity contribution in [3.63, 3.8) is 0 Å². The molecule has 6 nitrogen and oxygen atoms in total. The maximum atomic E-state index is 11.4. The van der Waals surface area contributed by atoms with Gasteiger partial charge >= 0.3 is 5.97 Å². The second-order valence-corrected chi connectivity index (χ2v) is 4.61. The van der Waals surface area contributed by atoms with E-state index in [4.69, 9.17) is 4.74 Å². The Kier molecular flexibility index (Phi) is 4.22. The molecule has 20 heavy (non-hydrogen) atoms. The largest absolute Gasteiger partial charge is 0.490 e. The molecule has 2 aromatic heterocycles. The number of rotatable bonds is 6. The summed E-state index contributed by atoms with van der Waals surface area (Å²) in [6.45, 7) is 6.93. The molecule has 2 rings (SSSR count). The highest BCUT2D eigenvalue weighted by atomic mass is 16.5. The normalized spacial score (nSPS) is 10.9. The van der Waals surface area contributed by atoms with Crippen LogP contribution in [-0.4, -0.2) is 32.2 Å². The first-order valence-corrected chi connectivity index (χ1v) is 6.81. The maximum Gasteiger partial charge on any atom is 0.341 e. The minimum atomic E-state index is -1.03. The van der Waals surface area contributed by atoms with Crippen molar-refractivity contribution in [2.45, 2.75) is 40.2 Å². The minimum absolute atomic E-state index is 0.106. The summed E-state index contributed by atoms with van der Waals surface area (Å²) in [5, 5.41) is 9.37. The molecule has 0 bridgehead atoms. The Morgan fingerprint density at radius 3 is 2.80 bits per heavy atom. The van der Waals surface area contributed by atoms with Crippen molar-refractivity contribution in [1.29, 1.82) is 0 Å². The Balaban J connectivity index is 2.60. The zero-order valence-corrected chi connectivity index (χ0v) is 12.0. The van der Waals surface area contributed by atoms with Crippen molar-refractivity contribution < 1.29 is 14.6 Å². The number of carboxylic acids is 1. The van der Waals surface area contributed by atoms with Crippen LogP contribution in [0.3, 0.4) is 0 Å². The van der Waals surface area contributed by atoms with Crippen LogP contribution in [0.4, 0.5) is 0 Å². The Morgan fingerprint density at radius 2 is 2.20 bits per heavy atom. The lowest BCUT2D eigenvalue weighted by Crippen LogP contribution is -2.09. The molecule has 6 heteroatoms. The van der Waals surface area contributed by atoms with Crippen LogP contribution in [0.5, 0.6) is 5.75 Å². The van der Waals surface area contributed by atoms with Gasteiger partial charge in [0, 0.05) is 6.54 Å². The summed E-state index contributed by atoms with van der Waals surface area (Å²) in [4.78, 5) is 20.1. The molecule has 0 aromatic carbocycles. The van der Waals surface area contributed by atoms with E-state index in [1.165, 1.54) is 0 Å². The van der Waals surface area contributed by atoms with Gasteiger partial charge in [0.25, 0.3) is 0 Å². The molecule has 0 radical (unpaired) electrons. The fraction of sp³-hybridized carbons (Fsp3) is 0.500. The van der Waals surface area contributed by atoms with Crippen molar-refractivity contribution in [3.8, 4) is 5.75 Å². The number of aromatic carboxylic acids is 1. The number of aromatic nitrogens is 3. The van der Waals surface area contributed by atoms with E-state index >= 15 is 0 Å². The van der Waals surface area contributed by atoms with Gasteiger partial charge in [-0.1, -0.05) is 13.3 Å². The molecule has 0 spiro atoms. The van der Waals surface area contributed by atoms with E-state index in [1.54, 1.807) is 13.3 Å². The van der Waals surface area contributed by atoms with Crippen LogP contribution in [0.15, 0.2) is 6.33 Å². The van der Waals surface area contributed by atoms with Crippen LogP contribution < -0.4 is 4.74 Å². The van der Waals surface area contributed by atoms with Crippen LogP contribution in [-0.2, 0) is 6.54 Å². The predicted octanol–water partition coefficient (Wildman–Crippen LogP) is 2.64. The summed E-state index contributed by atoms with van der Waals surface area (Å²) in [7, 11) is 0. The van der Waals surface area contributed by atoms with Gasteiger partial charge in [-0.05, 0) is 20.3 Å². The summed E-state index contributed by atoms with van der Waals surface area (Å²) >= 11 is 0. The first-order valence-electron chi connectivity index (χ1n) is 6.81. The molecule has 0 aliphatic rings. The quantitative estimate of drug-likeness (QED) is 0.821. The van der Waals surface area contributed by atoms with Crippen molar-refractivity contribution in [2.75, 3.05) is 6.61 Å². The van der Waals surface area contributed by atoms with Crippen molar-refractivity contribution >= 4 is 17.1 Å². The summed E-state index contributed by atoms with van der Waals surface area (Å²) in [6, 6.07) is 0. The van der Waals surface area contributed by atoms with Crippen molar-refractivity contribution in [1.82, 2.24) is 14.5 Å². The summed E-state index contributed by atoms with van der Waals surface area (Å²) in [6.07, 6.45) is 3.52. The van der Waals surface area contributed by atoms with Crippen LogP contribution in [0.2, 0.25) is 0 Å². The predicted molar refractivity (Wildman–Crippen MR) is 75.3 cm³/mol. The molecule has 0 atom stereocenters. The molecular weight excluding hydrogens is 258 g/mol. The fourth-order valence-electron chi connectivity index (χ4n) is 2.09. The average molecular weight is 277 g/mol. The number of hydrogen-bond acceptors (Lipinski definition) is 4. The van der Waals surface area contributed by atoms with E-state index in [0.29, 0.717) is 29.2 Å². The summed E-state index contributed by atoms with van der Waals surface area (Å²) < 4.78 is 7.57. The van der Waals surface area contributed by atoms with E-state index in [1.807, 2.05) is 11.5 Å². The molecule has 2 heterocycles. The summed E-state index contributed by atoms with van der Waals surface area (Å²) in [5.74, 6) is -0.699. The molecule has 0 fully saturated rings. The molecule has 2 aromatic rings. The topological polar surface area (TPSA) is 77.2 Å².